The number of allylic oxidation sites excluding steroid dienone is 1. The number of anilines is 3. The Balaban J connectivity index is 0.00000312. The largest absolute Gasteiger partial charge is 0.493 e. The van der Waals surface area contributed by atoms with Crippen LogP contribution in [0.15, 0.2) is 35.3 Å². The van der Waals surface area contributed by atoms with Gasteiger partial charge in [-0.15, -0.1) is 19.0 Å². The number of nitrogens with zero attached hydrogens (tertiary/aromatic N) is 2. The van der Waals surface area contributed by atoms with Crippen LogP contribution in [0.5, 0.6) is 11.5 Å². The molecule has 0 aliphatic rings. The summed E-state index contributed by atoms with van der Waals surface area (Å²) in [6, 6.07) is 5.87. The Hall–Kier alpha value is -2.19. The van der Waals surface area contributed by atoms with E-state index in [9.17, 15) is 0 Å². The van der Waals surface area contributed by atoms with Gasteiger partial charge in [0.15, 0.2) is 11.6 Å². The van der Waals surface area contributed by atoms with Crippen molar-refractivity contribution < 1.29 is 9.47 Å². The molecule has 1 heterocycles. The standard InChI is InChI=1S/C16H20BrN5O2.ClH/c1-2-4-10-9-11(17)5-6-12(10)23-7-3-8-24-13-14(18)21-16(20)22-15(13)19;/h2,5-6,9H,1,3-4,7-8H2,(H6,18,19,20,21,22);1H. The number of hydrogen-bond acceptors (Lipinski definition) is 7. The van der Waals surface area contributed by atoms with E-state index in [4.69, 9.17) is 26.7 Å². The van der Waals surface area contributed by atoms with E-state index in [0.717, 1.165) is 22.2 Å². The van der Waals surface area contributed by atoms with Gasteiger partial charge in [0.05, 0.1) is 13.2 Å². The van der Waals surface area contributed by atoms with Gasteiger partial charge >= 0.3 is 0 Å². The van der Waals surface area contributed by atoms with Crippen LogP contribution in [-0.2, 0) is 6.42 Å². The molecule has 0 fully saturated rings. The van der Waals surface area contributed by atoms with Gasteiger partial charge in [-0.1, -0.05) is 22.0 Å². The van der Waals surface area contributed by atoms with Crippen LogP contribution in [0.2, 0.25) is 0 Å². The Morgan fingerprint density at radius 1 is 1.08 bits per heavy atom. The molecule has 0 saturated carbocycles. The summed E-state index contributed by atoms with van der Waals surface area (Å²) >= 11 is 3.45. The maximum atomic E-state index is 5.80. The number of nitrogen functional groups attached to an aromatic ring is 3. The zero-order valence-electron chi connectivity index (χ0n) is 13.6. The molecule has 0 unspecified atom stereocenters. The van der Waals surface area contributed by atoms with Crippen LogP contribution in [0.25, 0.3) is 0 Å². The van der Waals surface area contributed by atoms with Crippen molar-refractivity contribution in [2.24, 2.45) is 0 Å². The SMILES string of the molecule is C=CCc1cc(Br)ccc1OCCCOc1c(N)nc(N)nc1N.Cl. The van der Waals surface area contributed by atoms with Crippen molar-refractivity contribution >= 4 is 45.9 Å². The number of ether oxygens (including phenoxy) is 2. The van der Waals surface area contributed by atoms with Crippen LogP contribution >= 0.6 is 28.3 Å². The molecule has 9 heteroatoms. The predicted molar refractivity (Wildman–Crippen MR) is 106 cm³/mol. The first-order chi connectivity index (χ1) is 11.5. The number of benzene rings is 1. The molecule has 2 aromatic rings. The third-order valence-electron chi connectivity index (χ3n) is 3.11. The summed E-state index contributed by atoms with van der Waals surface area (Å²) in [5.41, 5.74) is 17.9. The zero-order chi connectivity index (χ0) is 17.5. The van der Waals surface area contributed by atoms with Crippen LogP contribution in [0.3, 0.4) is 0 Å². The average Bonchev–Trinajstić information content (AvgIpc) is 2.51. The van der Waals surface area contributed by atoms with Gasteiger partial charge in [0.1, 0.15) is 5.75 Å². The molecule has 0 bridgehead atoms. The molecule has 0 aliphatic heterocycles. The molecule has 25 heavy (non-hydrogen) atoms. The highest BCUT2D eigenvalue weighted by Crippen LogP contribution is 2.26. The van der Waals surface area contributed by atoms with E-state index in [0.29, 0.717) is 19.6 Å². The summed E-state index contributed by atoms with van der Waals surface area (Å²) < 4.78 is 12.3. The number of rotatable bonds is 8. The van der Waals surface area contributed by atoms with Crippen LogP contribution in [0.1, 0.15) is 12.0 Å². The minimum Gasteiger partial charge on any atom is -0.493 e. The van der Waals surface area contributed by atoms with Gasteiger partial charge in [-0.25, -0.2) is 0 Å². The third kappa shape index (κ3) is 5.99. The minimum atomic E-state index is 0. The highest BCUT2D eigenvalue weighted by atomic mass is 79.9. The average molecular weight is 431 g/mol. The maximum absolute atomic E-state index is 5.80. The Morgan fingerprint density at radius 2 is 1.72 bits per heavy atom. The Bertz CT molecular complexity index is 707. The van der Waals surface area contributed by atoms with Crippen LogP contribution in [0.4, 0.5) is 17.6 Å². The van der Waals surface area contributed by atoms with Crippen molar-refractivity contribution in [1.29, 1.82) is 0 Å². The molecule has 136 valence electrons. The van der Waals surface area contributed by atoms with Crippen LogP contribution in [0, 0.1) is 0 Å². The molecule has 7 nitrogen and oxygen atoms in total. The lowest BCUT2D eigenvalue weighted by atomic mass is 10.1. The molecule has 0 aliphatic carbocycles. The maximum Gasteiger partial charge on any atom is 0.224 e. The molecule has 0 amide bonds. The van der Waals surface area contributed by atoms with Gasteiger partial charge in [0.2, 0.25) is 11.7 Å². The molecule has 0 spiro atoms. The monoisotopic (exact) mass is 429 g/mol. The first kappa shape index (κ1) is 20.9. The van der Waals surface area contributed by atoms with Crippen molar-refractivity contribution in [1.82, 2.24) is 9.97 Å². The van der Waals surface area contributed by atoms with Crippen molar-refractivity contribution in [3.05, 3.63) is 40.9 Å². The van der Waals surface area contributed by atoms with E-state index in [1.54, 1.807) is 0 Å². The van der Waals surface area contributed by atoms with E-state index in [-0.39, 0.29) is 35.7 Å². The van der Waals surface area contributed by atoms with Gasteiger partial charge in [-0.2, -0.15) is 9.97 Å². The van der Waals surface area contributed by atoms with Gasteiger partial charge in [0.25, 0.3) is 0 Å². The van der Waals surface area contributed by atoms with Crippen molar-refractivity contribution in [3.8, 4) is 11.5 Å². The first-order valence-corrected chi connectivity index (χ1v) is 8.14. The number of nitrogens with two attached hydrogens (primary N) is 3. The van der Waals surface area contributed by atoms with Gasteiger partial charge in [-0.3, -0.25) is 0 Å². The summed E-state index contributed by atoms with van der Waals surface area (Å²) in [6.45, 7) is 4.61. The summed E-state index contributed by atoms with van der Waals surface area (Å²) in [6.07, 6.45) is 3.22. The van der Waals surface area contributed by atoms with Crippen LogP contribution in [-0.4, -0.2) is 23.2 Å². The molecule has 6 N–H and O–H groups in total. The number of hydrogen-bond donors (Lipinski definition) is 3. The zero-order valence-corrected chi connectivity index (χ0v) is 16.0. The molecular weight excluding hydrogens is 410 g/mol. The minimum absolute atomic E-state index is 0. The highest BCUT2D eigenvalue weighted by molar-refractivity contribution is 9.10. The fraction of sp³-hybridized carbons (Fsp3) is 0.250. The van der Waals surface area contributed by atoms with E-state index in [1.165, 1.54) is 0 Å². The van der Waals surface area contributed by atoms with E-state index < -0.39 is 0 Å². The Labute approximate surface area is 161 Å². The van der Waals surface area contributed by atoms with Crippen LogP contribution < -0.4 is 26.7 Å². The lowest BCUT2D eigenvalue weighted by Gasteiger charge is -2.13. The summed E-state index contributed by atoms with van der Waals surface area (Å²) in [5.74, 6) is 1.35. The quantitative estimate of drug-likeness (QED) is 0.434. The fourth-order valence-corrected chi connectivity index (χ4v) is 2.48. The second kappa shape index (κ2) is 9.95. The molecule has 0 saturated heterocycles. The van der Waals surface area contributed by atoms with E-state index >= 15 is 0 Å². The highest BCUT2D eigenvalue weighted by Gasteiger charge is 2.10. The predicted octanol–water partition coefficient (Wildman–Crippen LogP) is 2.98. The molecule has 0 atom stereocenters. The Morgan fingerprint density at radius 3 is 2.36 bits per heavy atom. The Kier molecular flexibility index (Phi) is 8.30. The summed E-state index contributed by atoms with van der Waals surface area (Å²) in [5, 5.41) is 0. The number of aromatic nitrogens is 2. The normalized spacial score (nSPS) is 9.96. The fourth-order valence-electron chi connectivity index (χ4n) is 2.07. The molecular formula is C16H21BrClN5O2. The molecule has 2 rings (SSSR count). The third-order valence-corrected chi connectivity index (χ3v) is 3.61. The lowest BCUT2D eigenvalue weighted by molar-refractivity contribution is 0.247. The number of halogens is 2. The van der Waals surface area contributed by atoms with Gasteiger partial charge in [0, 0.05) is 10.9 Å². The van der Waals surface area contributed by atoms with Crippen molar-refractivity contribution in [2.45, 2.75) is 12.8 Å². The molecule has 1 aromatic carbocycles. The van der Waals surface area contributed by atoms with E-state index in [2.05, 4.69) is 32.5 Å². The summed E-state index contributed by atoms with van der Waals surface area (Å²) in [7, 11) is 0. The van der Waals surface area contributed by atoms with Gasteiger partial charge in [-0.05, 0) is 30.2 Å². The second-order valence-electron chi connectivity index (χ2n) is 4.98. The molecule has 1 aromatic heterocycles. The first-order valence-electron chi connectivity index (χ1n) is 7.34. The van der Waals surface area contributed by atoms with Crippen molar-refractivity contribution in [2.75, 3.05) is 30.4 Å². The summed E-state index contributed by atoms with van der Waals surface area (Å²) in [4.78, 5) is 7.63. The second-order valence-corrected chi connectivity index (χ2v) is 5.89. The lowest BCUT2D eigenvalue weighted by Crippen LogP contribution is -2.11. The van der Waals surface area contributed by atoms with Gasteiger partial charge < -0.3 is 26.7 Å². The smallest absolute Gasteiger partial charge is 0.224 e. The van der Waals surface area contributed by atoms with Crippen molar-refractivity contribution in [3.63, 3.8) is 0 Å². The molecule has 0 radical (unpaired) electrons. The van der Waals surface area contributed by atoms with E-state index in [1.807, 2.05) is 24.3 Å². The topological polar surface area (TPSA) is 122 Å².